The largest absolute Gasteiger partial charge is 0.383 e. The Bertz CT molecular complexity index is 492. The first kappa shape index (κ1) is 10.6. The lowest BCUT2D eigenvalue weighted by Crippen LogP contribution is -2.07. The topological polar surface area (TPSA) is 69.9 Å². The molecule has 0 atom stereocenters. The summed E-state index contributed by atoms with van der Waals surface area (Å²) in [6, 6.07) is 6.37. The van der Waals surface area contributed by atoms with Gasteiger partial charge in [-0.15, -0.1) is 0 Å². The minimum absolute atomic E-state index is 0.350. The van der Waals surface area contributed by atoms with Crippen molar-refractivity contribution < 1.29 is 4.39 Å². The van der Waals surface area contributed by atoms with Gasteiger partial charge in [0, 0.05) is 5.56 Å². The van der Waals surface area contributed by atoms with Gasteiger partial charge in [-0.05, 0) is 25.1 Å². The highest BCUT2D eigenvalue weighted by molar-refractivity contribution is 5.47. The standard InChI is InChI=1S/C11H13FN4/c12-9-3-1-2-4-10(9)16-11(14)8(5-6-13)7-15-16/h1-4,7H,5-6,13-14H2. The van der Waals surface area contributed by atoms with Gasteiger partial charge in [0.2, 0.25) is 0 Å². The van der Waals surface area contributed by atoms with Crippen LogP contribution in [-0.2, 0) is 6.42 Å². The van der Waals surface area contributed by atoms with Crippen LogP contribution in [-0.4, -0.2) is 16.3 Å². The first-order valence-corrected chi connectivity index (χ1v) is 5.01. The number of nitrogens with two attached hydrogens (primary N) is 2. The fourth-order valence-corrected chi connectivity index (χ4v) is 1.56. The molecule has 2 aromatic rings. The van der Waals surface area contributed by atoms with Crippen LogP contribution in [0.3, 0.4) is 0 Å². The number of nitrogen functional groups attached to an aromatic ring is 1. The summed E-state index contributed by atoms with van der Waals surface area (Å²) in [6.07, 6.45) is 2.26. The van der Waals surface area contributed by atoms with Crippen molar-refractivity contribution in [3.8, 4) is 5.69 Å². The number of benzene rings is 1. The first-order chi connectivity index (χ1) is 7.74. The monoisotopic (exact) mass is 220 g/mol. The van der Waals surface area contributed by atoms with Crippen molar-refractivity contribution in [3.63, 3.8) is 0 Å². The Morgan fingerprint density at radius 3 is 2.75 bits per heavy atom. The van der Waals surface area contributed by atoms with Crippen molar-refractivity contribution in [3.05, 3.63) is 41.8 Å². The molecule has 2 rings (SSSR count). The third-order valence-corrected chi connectivity index (χ3v) is 2.38. The van der Waals surface area contributed by atoms with Crippen molar-refractivity contribution >= 4 is 5.82 Å². The molecular formula is C11H13FN4. The number of rotatable bonds is 3. The Morgan fingerprint density at radius 2 is 2.06 bits per heavy atom. The molecule has 5 heteroatoms. The molecule has 0 aliphatic rings. The van der Waals surface area contributed by atoms with Crippen molar-refractivity contribution in [2.24, 2.45) is 5.73 Å². The van der Waals surface area contributed by atoms with Gasteiger partial charge < -0.3 is 11.5 Å². The van der Waals surface area contributed by atoms with Crippen LogP contribution in [0, 0.1) is 5.82 Å². The maximum absolute atomic E-state index is 13.5. The number of nitrogens with zero attached hydrogens (tertiary/aromatic N) is 2. The molecule has 16 heavy (non-hydrogen) atoms. The normalized spacial score (nSPS) is 10.6. The van der Waals surface area contributed by atoms with E-state index in [2.05, 4.69) is 5.10 Å². The average Bonchev–Trinajstić information content (AvgIpc) is 2.62. The van der Waals surface area contributed by atoms with Gasteiger partial charge in [-0.3, -0.25) is 0 Å². The van der Waals surface area contributed by atoms with Gasteiger partial charge in [-0.25, -0.2) is 9.07 Å². The Morgan fingerprint density at radius 1 is 1.31 bits per heavy atom. The number of aromatic nitrogens is 2. The molecular weight excluding hydrogens is 207 g/mol. The van der Waals surface area contributed by atoms with E-state index in [4.69, 9.17) is 11.5 Å². The summed E-state index contributed by atoms with van der Waals surface area (Å²) in [5, 5.41) is 4.06. The highest BCUT2D eigenvalue weighted by Gasteiger charge is 2.11. The summed E-state index contributed by atoms with van der Waals surface area (Å²) in [5.74, 6) is 0.0900. The van der Waals surface area contributed by atoms with Crippen molar-refractivity contribution in [1.29, 1.82) is 0 Å². The van der Waals surface area contributed by atoms with E-state index in [1.54, 1.807) is 24.4 Å². The highest BCUT2D eigenvalue weighted by Crippen LogP contribution is 2.19. The van der Waals surface area contributed by atoms with E-state index < -0.39 is 0 Å². The quantitative estimate of drug-likeness (QED) is 0.813. The van der Waals surface area contributed by atoms with Gasteiger partial charge in [0.1, 0.15) is 17.3 Å². The molecule has 0 fully saturated rings. The van der Waals surface area contributed by atoms with Crippen molar-refractivity contribution in [1.82, 2.24) is 9.78 Å². The lowest BCUT2D eigenvalue weighted by Gasteiger charge is -2.05. The lowest BCUT2D eigenvalue weighted by atomic mass is 10.2. The second-order valence-electron chi connectivity index (χ2n) is 3.46. The second kappa shape index (κ2) is 4.32. The predicted molar refractivity (Wildman–Crippen MR) is 60.7 cm³/mol. The molecule has 0 aliphatic carbocycles. The fourth-order valence-electron chi connectivity index (χ4n) is 1.56. The smallest absolute Gasteiger partial charge is 0.148 e. The first-order valence-electron chi connectivity index (χ1n) is 5.01. The maximum Gasteiger partial charge on any atom is 0.148 e. The summed E-state index contributed by atoms with van der Waals surface area (Å²) < 4.78 is 14.9. The number of hydrogen-bond acceptors (Lipinski definition) is 3. The molecule has 0 bridgehead atoms. The molecule has 0 saturated heterocycles. The van der Waals surface area contributed by atoms with Gasteiger partial charge in [0.15, 0.2) is 0 Å². The van der Waals surface area contributed by atoms with Crippen LogP contribution in [0.2, 0.25) is 0 Å². The van der Waals surface area contributed by atoms with Gasteiger partial charge >= 0.3 is 0 Å². The molecule has 0 saturated carbocycles. The number of halogens is 1. The highest BCUT2D eigenvalue weighted by atomic mass is 19.1. The second-order valence-corrected chi connectivity index (χ2v) is 3.46. The van der Waals surface area contributed by atoms with Crippen molar-refractivity contribution in [2.75, 3.05) is 12.3 Å². The summed E-state index contributed by atoms with van der Waals surface area (Å²) in [5.41, 5.74) is 12.5. The molecule has 4 N–H and O–H groups in total. The molecule has 0 unspecified atom stereocenters. The van der Waals surface area contributed by atoms with Gasteiger partial charge in [0.25, 0.3) is 0 Å². The minimum Gasteiger partial charge on any atom is -0.383 e. The van der Waals surface area contributed by atoms with Gasteiger partial charge in [0.05, 0.1) is 6.20 Å². The van der Waals surface area contributed by atoms with Crippen LogP contribution in [0.1, 0.15) is 5.56 Å². The number of para-hydroxylation sites is 1. The van der Waals surface area contributed by atoms with Gasteiger partial charge in [-0.2, -0.15) is 5.10 Å². The third-order valence-electron chi connectivity index (χ3n) is 2.38. The van der Waals surface area contributed by atoms with Crippen LogP contribution in [0.4, 0.5) is 10.2 Å². The molecule has 0 spiro atoms. The summed E-state index contributed by atoms with van der Waals surface area (Å²) in [6.45, 7) is 0.493. The molecule has 1 aromatic carbocycles. The molecule has 0 amide bonds. The van der Waals surface area contributed by atoms with Crippen molar-refractivity contribution in [2.45, 2.75) is 6.42 Å². The average molecular weight is 220 g/mol. The Balaban J connectivity index is 2.45. The van der Waals surface area contributed by atoms with E-state index in [-0.39, 0.29) is 5.82 Å². The predicted octanol–water partition coefficient (Wildman–Crippen LogP) is 1.09. The third kappa shape index (κ3) is 1.77. The summed E-state index contributed by atoms with van der Waals surface area (Å²) >= 11 is 0. The zero-order chi connectivity index (χ0) is 11.5. The Hall–Kier alpha value is -1.88. The fraction of sp³-hybridized carbons (Fsp3) is 0.182. The van der Waals surface area contributed by atoms with Crippen LogP contribution >= 0.6 is 0 Å². The number of anilines is 1. The molecule has 1 heterocycles. The molecule has 0 aliphatic heterocycles. The van der Waals surface area contributed by atoms with E-state index in [0.29, 0.717) is 24.5 Å². The van der Waals surface area contributed by atoms with E-state index in [1.165, 1.54) is 10.7 Å². The lowest BCUT2D eigenvalue weighted by molar-refractivity contribution is 0.612. The summed E-state index contributed by atoms with van der Waals surface area (Å²) in [7, 11) is 0. The molecule has 1 aromatic heterocycles. The van der Waals surface area contributed by atoms with Crippen LogP contribution < -0.4 is 11.5 Å². The summed E-state index contributed by atoms with van der Waals surface area (Å²) in [4.78, 5) is 0. The minimum atomic E-state index is -0.350. The van der Waals surface area contributed by atoms with E-state index in [0.717, 1.165) is 5.56 Å². The van der Waals surface area contributed by atoms with E-state index in [1.807, 2.05) is 0 Å². The van der Waals surface area contributed by atoms with Gasteiger partial charge in [-0.1, -0.05) is 12.1 Å². The van der Waals surface area contributed by atoms with E-state index >= 15 is 0 Å². The SMILES string of the molecule is NCCc1cnn(-c2ccccc2F)c1N. The molecule has 84 valence electrons. The maximum atomic E-state index is 13.5. The zero-order valence-corrected chi connectivity index (χ0v) is 8.73. The number of hydrogen-bond donors (Lipinski definition) is 2. The van der Waals surface area contributed by atoms with Crippen LogP contribution in [0.15, 0.2) is 30.5 Å². The Kier molecular flexibility index (Phi) is 2.87. The molecule has 0 radical (unpaired) electrons. The Labute approximate surface area is 92.7 Å². The zero-order valence-electron chi connectivity index (χ0n) is 8.73. The molecule has 4 nitrogen and oxygen atoms in total. The van der Waals surface area contributed by atoms with E-state index in [9.17, 15) is 4.39 Å². The van der Waals surface area contributed by atoms with Crippen LogP contribution in [0.5, 0.6) is 0 Å². The van der Waals surface area contributed by atoms with Crippen LogP contribution in [0.25, 0.3) is 5.69 Å².